The summed E-state index contributed by atoms with van der Waals surface area (Å²) < 4.78 is 0. The third-order valence-corrected chi connectivity index (χ3v) is 5.31. The minimum atomic E-state index is 0.147. The van der Waals surface area contributed by atoms with Crippen LogP contribution in [0.3, 0.4) is 0 Å². The number of rotatable bonds is 4. The quantitative estimate of drug-likeness (QED) is 0.669. The van der Waals surface area contributed by atoms with Gasteiger partial charge in [-0.15, -0.1) is 0 Å². The van der Waals surface area contributed by atoms with Gasteiger partial charge in [0.1, 0.15) is 0 Å². The zero-order valence-electron chi connectivity index (χ0n) is 15.5. The minimum Gasteiger partial charge on any atom is -0.342 e. The largest absolute Gasteiger partial charge is 0.342 e. The molecule has 0 spiro atoms. The molecule has 1 unspecified atom stereocenters. The fraction of sp³-hybridized carbons (Fsp3) is 0.273. The summed E-state index contributed by atoms with van der Waals surface area (Å²) in [6.45, 7) is 1.49. The van der Waals surface area contributed by atoms with E-state index in [2.05, 4.69) is 9.97 Å². The van der Waals surface area contributed by atoms with Gasteiger partial charge in [-0.3, -0.25) is 9.78 Å². The first-order chi connectivity index (χ1) is 13.7. The van der Waals surface area contributed by atoms with Crippen molar-refractivity contribution in [3.63, 3.8) is 0 Å². The third-order valence-electron chi connectivity index (χ3n) is 5.06. The number of pyridine rings is 1. The summed E-state index contributed by atoms with van der Waals surface area (Å²) in [7, 11) is 0. The molecular weight excluding hydrogens is 372 g/mol. The van der Waals surface area contributed by atoms with Crippen molar-refractivity contribution in [2.24, 2.45) is 0 Å². The van der Waals surface area contributed by atoms with Crippen LogP contribution in [0.25, 0.3) is 11.4 Å². The van der Waals surface area contributed by atoms with Crippen LogP contribution in [0.4, 0.5) is 0 Å². The van der Waals surface area contributed by atoms with Gasteiger partial charge >= 0.3 is 0 Å². The van der Waals surface area contributed by atoms with Gasteiger partial charge in [0.05, 0.1) is 6.42 Å². The van der Waals surface area contributed by atoms with E-state index >= 15 is 0 Å². The van der Waals surface area contributed by atoms with Crippen LogP contribution in [-0.2, 0) is 11.2 Å². The number of piperidine rings is 1. The Morgan fingerprint density at radius 1 is 1.14 bits per heavy atom. The Hall–Kier alpha value is -2.79. The molecule has 28 heavy (non-hydrogen) atoms. The summed E-state index contributed by atoms with van der Waals surface area (Å²) in [6.07, 6.45) is 7.69. The minimum absolute atomic E-state index is 0.147. The maximum Gasteiger partial charge on any atom is 0.227 e. The number of nitrogens with zero attached hydrogens (tertiary/aromatic N) is 4. The highest BCUT2D eigenvalue weighted by Crippen LogP contribution is 2.27. The molecule has 142 valence electrons. The molecule has 0 bridgehead atoms. The first kappa shape index (κ1) is 18.6. The van der Waals surface area contributed by atoms with E-state index in [4.69, 9.17) is 16.6 Å². The Morgan fingerprint density at radius 3 is 2.79 bits per heavy atom. The summed E-state index contributed by atoms with van der Waals surface area (Å²) in [5.74, 6) is 1.05. The number of likely N-dealkylation sites (tertiary alicyclic amines) is 1. The molecule has 1 atom stereocenters. The van der Waals surface area contributed by atoms with Gasteiger partial charge in [0.2, 0.25) is 5.91 Å². The van der Waals surface area contributed by atoms with Gasteiger partial charge in [-0.25, -0.2) is 9.97 Å². The van der Waals surface area contributed by atoms with E-state index in [1.54, 1.807) is 18.6 Å². The SMILES string of the molecule is O=C(Cc1ccc(Cl)cc1)N1CCCC(c2ccnc(-c3cccnc3)n2)C1. The summed E-state index contributed by atoms with van der Waals surface area (Å²) in [6, 6.07) is 13.3. The van der Waals surface area contributed by atoms with Crippen LogP contribution in [-0.4, -0.2) is 38.8 Å². The van der Waals surface area contributed by atoms with Crippen LogP contribution in [0.2, 0.25) is 5.02 Å². The first-order valence-corrected chi connectivity index (χ1v) is 9.82. The number of hydrogen-bond acceptors (Lipinski definition) is 4. The van der Waals surface area contributed by atoms with E-state index in [-0.39, 0.29) is 11.8 Å². The third kappa shape index (κ3) is 4.37. The van der Waals surface area contributed by atoms with Crippen LogP contribution < -0.4 is 0 Å². The van der Waals surface area contributed by atoms with Crippen molar-refractivity contribution in [1.82, 2.24) is 19.9 Å². The predicted octanol–water partition coefficient (Wildman–Crippen LogP) is 4.14. The average Bonchev–Trinajstić information content (AvgIpc) is 2.76. The number of carbonyl (C=O) groups excluding carboxylic acids is 1. The molecule has 0 aliphatic carbocycles. The van der Waals surface area contributed by atoms with E-state index in [0.29, 0.717) is 23.8 Å². The molecule has 1 saturated heterocycles. The number of aromatic nitrogens is 3. The Morgan fingerprint density at radius 2 is 2.00 bits per heavy atom. The molecule has 5 nitrogen and oxygen atoms in total. The molecule has 1 aromatic carbocycles. The van der Waals surface area contributed by atoms with Gasteiger partial charge in [0.15, 0.2) is 5.82 Å². The monoisotopic (exact) mass is 392 g/mol. The summed E-state index contributed by atoms with van der Waals surface area (Å²) in [5.41, 5.74) is 2.87. The Kier molecular flexibility index (Phi) is 5.63. The highest BCUT2D eigenvalue weighted by Gasteiger charge is 2.26. The predicted molar refractivity (Wildman–Crippen MR) is 109 cm³/mol. The average molecular weight is 393 g/mol. The Bertz CT molecular complexity index is 946. The standard InChI is InChI=1S/C22H21ClN4O/c23-19-7-5-16(6-8-19)13-21(28)27-12-2-4-18(15-27)20-9-11-25-22(26-20)17-3-1-10-24-14-17/h1,3,5-11,14,18H,2,4,12-13,15H2. The summed E-state index contributed by atoms with van der Waals surface area (Å²) in [4.78, 5) is 28.0. The maximum absolute atomic E-state index is 12.8. The van der Waals surface area contributed by atoms with E-state index in [9.17, 15) is 4.79 Å². The van der Waals surface area contributed by atoms with Gasteiger partial charge in [-0.1, -0.05) is 23.7 Å². The maximum atomic E-state index is 12.8. The van der Waals surface area contributed by atoms with Crippen molar-refractivity contribution >= 4 is 17.5 Å². The molecule has 0 radical (unpaired) electrons. The zero-order chi connectivity index (χ0) is 19.3. The fourth-order valence-corrected chi connectivity index (χ4v) is 3.69. The molecular formula is C22H21ClN4O. The van der Waals surface area contributed by atoms with Gasteiger partial charge in [0.25, 0.3) is 0 Å². The summed E-state index contributed by atoms with van der Waals surface area (Å²) in [5, 5.41) is 0.683. The highest BCUT2D eigenvalue weighted by molar-refractivity contribution is 6.30. The van der Waals surface area contributed by atoms with E-state index < -0.39 is 0 Å². The van der Waals surface area contributed by atoms with Crippen molar-refractivity contribution < 1.29 is 4.79 Å². The van der Waals surface area contributed by atoms with Crippen LogP contribution >= 0.6 is 11.6 Å². The molecule has 6 heteroatoms. The second kappa shape index (κ2) is 8.48. The molecule has 0 N–H and O–H groups in total. The van der Waals surface area contributed by atoms with Crippen molar-refractivity contribution in [2.75, 3.05) is 13.1 Å². The lowest BCUT2D eigenvalue weighted by Gasteiger charge is -2.32. The first-order valence-electron chi connectivity index (χ1n) is 9.44. The van der Waals surface area contributed by atoms with Gasteiger partial charge in [-0.2, -0.15) is 0 Å². The number of halogens is 1. The molecule has 1 fully saturated rings. The smallest absolute Gasteiger partial charge is 0.227 e. The molecule has 1 aliphatic rings. The van der Waals surface area contributed by atoms with Gasteiger partial charge in [0, 0.05) is 53.9 Å². The fourth-order valence-electron chi connectivity index (χ4n) is 3.57. The molecule has 0 saturated carbocycles. The molecule has 1 aliphatic heterocycles. The molecule has 1 amide bonds. The van der Waals surface area contributed by atoms with Gasteiger partial charge in [-0.05, 0) is 48.7 Å². The second-order valence-corrected chi connectivity index (χ2v) is 7.47. The van der Waals surface area contributed by atoms with E-state index in [1.165, 1.54) is 0 Å². The van der Waals surface area contributed by atoms with Crippen molar-refractivity contribution in [2.45, 2.75) is 25.2 Å². The second-order valence-electron chi connectivity index (χ2n) is 7.03. The lowest BCUT2D eigenvalue weighted by molar-refractivity contribution is -0.131. The van der Waals surface area contributed by atoms with Crippen molar-refractivity contribution in [3.8, 4) is 11.4 Å². The topological polar surface area (TPSA) is 59.0 Å². The number of carbonyl (C=O) groups is 1. The zero-order valence-corrected chi connectivity index (χ0v) is 16.2. The molecule has 3 heterocycles. The van der Waals surface area contributed by atoms with Crippen molar-refractivity contribution in [3.05, 3.63) is 77.3 Å². The Labute approximate surface area is 169 Å². The molecule has 4 rings (SSSR count). The van der Waals surface area contributed by atoms with Crippen LogP contribution in [0.5, 0.6) is 0 Å². The lowest BCUT2D eigenvalue weighted by Crippen LogP contribution is -2.40. The number of benzene rings is 1. The molecule has 3 aromatic rings. The number of amides is 1. The van der Waals surface area contributed by atoms with Crippen LogP contribution in [0.15, 0.2) is 61.1 Å². The Balaban J connectivity index is 1.46. The van der Waals surface area contributed by atoms with Crippen molar-refractivity contribution in [1.29, 1.82) is 0 Å². The summed E-state index contributed by atoms with van der Waals surface area (Å²) >= 11 is 5.93. The van der Waals surface area contributed by atoms with E-state index in [0.717, 1.165) is 36.2 Å². The van der Waals surface area contributed by atoms with Crippen LogP contribution in [0, 0.1) is 0 Å². The van der Waals surface area contributed by atoms with Crippen LogP contribution in [0.1, 0.15) is 30.0 Å². The van der Waals surface area contributed by atoms with Gasteiger partial charge < -0.3 is 4.90 Å². The molecule has 2 aromatic heterocycles. The highest BCUT2D eigenvalue weighted by atomic mass is 35.5. The normalized spacial score (nSPS) is 16.8. The number of hydrogen-bond donors (Lipinski definition) is 0. The lowest BCUT2D eigenvalue weighted by atomic mass is 9.94. The van der Waals surface area contributed by atoms with E-state index in [1.807, 2.05) is 47.4 Å².